The van der Waals surface area contributed by atoms with Crippen LogP contribution in [-0.2, 0) is 15.7 Å². The average molecular weight is 258 g/mol. The summed E-state index contributed by atoms with van der Waals surface area (Å²) in [5.41, 5.74) is 1.77. The summed E-state index contributed by atoms with van der Waals surface area (Å²) in [5.74, 6) is 0. The Hall–Kier alpha value is -1.06. The highest BCUT2D eigenvalue weighted by atomic mass is 16.7. The second kappa shape index (κ2) is 5.14. The van der Waals surface area contributed by atoms with Gasteiger partial charge in [-0.2, -0.15) is 0 Å². The van der Waals surface area contributed by atoms with Crippen LogP contribution in [0.25, 0.3) is 0 Å². The van der Waals surface area contributed by atoms with Gasteiger partial charge < -0.3 is 9.31 Å². The molecule has 0 amide bonds. The van der Waals surface area contributed by atoms with Crippen LogP contribution in [0.5, 0.6) is 0 Å². The highest BCUT2D eigenvalue weighted by molar-refractivity contribution is 6.54. The van der Waals surface area contributed by atoms with E-state index in [2.05, 4.69) is 58.5 Å². The summed E-state index contributed by atoms with van der Waals surface area (Å²) in [4.78, 5) is 0. The minimum Gasteiger partial charge on any atom is -0.400 e. The number of aryl methyl sites for hydroxylation is 1. The molecular weight excluding hydrogens is 235 g/mol. The monoisotopic (exact) mass is 258 g/mol. The van der Waals surface area contributed by atoms with Crippen LogP contribution < -0.4 is 0 Å². The molecule has 0 spiro atoms. The summed E-state index contributed by atoms with van der Waals surface area (Å²) < 4.78 is 12.0. The quantitative estimate of drug-likeness (QED) is 0.764. The van der Waals surface area contributed by atoms with Crippen LogP contribution in [0.1, 0.15) is 39.7 Å². The van der Waals surface area contributed by atoms with Gasteiger partial charge in [-0.3, -0.25) is 0 Å². The van der Waals surface area contributed by atoms with E-state index in [9.17, 15) is 0 Å². The summed E-state index contributed by atoms with van der Waals surface area (Å²) in [6, 6.07) is 10.4. The van der Waals surface area contributed by atoms with Crippen molar-refractivity contribution >= 4 is 7.12 Å². The van der Waals surface area contributed by atoms with E-state index in [0.717, 1.165) is 18.3 Å². The highest BCUT2D eigenvalue weighted by Gasteiger charge is 2.51. The van der Waals surface area contributed by atoms with Gasteiger partial charge in [0.05, 0.1) is 11.2 Å². The van der Waals surface area contributed by atoms with Crippen LogP contribution in [0.3, 0.4) is 0 Å². The van der Waals surface area contributed by atoms with E-state index in [1.807, 2.05) is 6.07 Å². The molecule has 0 saturated carbocycles. The molecule has 0 N–H and O–H groups in total. The Labute approximate surface area is 117 Å². The van der Waals surface area contributed by atoms with Crippen molar-refractivity contribution < 1.29 is 9.31 Å². The van der Waals surface area contributed by atoms with Crippen LogP contribution in [0.15, 0.2) is 42.4 Å². The summed E-state index contributed by atoms with van der Waals surface area (Å²) in [6.07, 6.45) is 1.87. The number of allylic oxidation sites excluding steroid dienone is 1. The first-order valence-electron chi connectivity index (χ1n) is 6.89. The summed E-state index contributed by atoms with van der Waals surface area (Å²) >= 11 is 0. The third kappa shape index (κ3) is 3.10. The molecular formula is C16H23BO2. The lowest BCUT2D eigenvalue weighted by Gasteiger charge is -2.32. The van der Waals surface area contributed by atoms with E-state index < -0.39 is 0 Å². The predicted octanol–water partition coefficient (Wildman–Crippen LogP) is 3.81. The minimum absolute atomic E-state index is 0.284. The molecule has 1 saturated heterocycles. The van der Waals surface area contributed by atoms with Gasteiger partial charge in [0, 0.05) is 0 Å². The fourth-order valence-electron chi connectivity index (χ4n) is 2.08. The van der Waals surface area contributed by atoms with E-state index >= 15 is 0 Å². The van der Waals surface area contributed by atoms with E-state index in [1.165, 1.54) is 5.56 Å². The molecule has 1 aliphatic heterocycles. The van der Waals surface area contributed by atoms with Crippen molar-refractivity contribution in [3.63, 3.8) is 0 Å². The summed E-state index contributed by atoms with van der Waals surface area (Å²) in [7, 11) is -0.284. The van der Waals surface area contributed by atoms with Crippen LogP contribution in [0, 0.1) is 0 Å². The van der Waals surface area contributed by atoms with Crippen molar-refractivity contribution in [3.05, 3.63) is 47.9 Å². The molecule has 1 aliphatic rings. The Morgan fingerprint density at radius 3 is 2.11 bits per heavy atom. The first kappa shape index (κ1) is 14.4. The first-order valence-corrected chi connectivity index (χ1v) is 6.89. The van der Waals surface area contributed by atoms with Crippen molar-refractivity contribution in [3.8, 4) is 0 Å². The largest absolute Gasteiger partial charge is 0.489 e. The number of benzene rings is 1. The van der Waals surface area contributed by atoms with Crippen molar-refractivity contribution in [1.82, 2.24) is 0 Å². The lowest BCUT2D eigenvalue weighted by molar-refractivity contribution is 0.00578. The maximum Gasteiger partial charge on any atom is 0.489 e. The molecule has 0 aromatic heterocycles. The SMILES string of the molecule is C=C(CCc1ccccc1)B1OC(C)(C)C(C)(C)O1. The zero-order valence-corrected chi connectivity index (χ0v) is 12.4. The van der Waals surface area contributed by atoms with Crippen LogP contribution >= 0.6 is 0 Å². The van der Waals surface area contributed by atoms with Crippen LogP contribution in [0.2, 0.25) is 0 Å². The van der Waals surface area contributed by atoms with E-state index in [-0.39, 0.29) is 18.3 Å². The molecule has 0 radical (unpaired) electrons. The topological polar surface area (TPSA) is 18.5 Å². The van der Waals surface area contributed by atoms with Crippen molar-refractivity contribution in [2.75, 3.05) is 0 Å². The van der Waals surface area contributed by atoms with E-state index in [0.29, 0.717) is 0 Å². The molecule has 1 heterocycles. The fraction of sp³-hybridized carbons (Fsp3) is 0.500. The molecule has 1 fully saturated rings. The molecule has 0 atom stereocenters. The van der Waals surface area contributed by atoms with Crippen molar-refractivity contribution in [1.29, 1.82) is 0 Å². The Kier molecular flexibility index (Phi) is 3.89. The smallest absolute Gasteiger partial charge is 0.400 e. The van der Waals surface area contributed by atoms with Gasteiger partial charge in [-0.05, 0) is 51.6 Å². The van der Waals surface area contributed by atoms with Crippen molar-refractivity contribution in [2.24, 2.45) is 0 Å². The Morgan fingerprint density at radius 2 is 1.58 bits per heavy atom. The van der Waals surface area contributed by atoms with Crippen molar-refractivity contribution in [2.45, 2.75) is 51.7 Å². The number of rotatable bonds is 4. The van der Waals surface area contributed by atoms with E-state index in [4.69, 9.17) is 9.31 Å². The standard InChI is InChI=1S/C16H23BO2/c1-13(11-12-14-9-7-6-8-10-14)17-18-15(2,3)16(4,5)19-17/h6-10H,1,11-12H2,2-5H3. The molecule has 2 rings (SSSR count). The van der Waals surface area contributed by atoms with Gasteiger partial charge in [-0.25, -0.2) is 0 Å². The maximum absolute atomic E-state index is 5.99. The van der Waals surface area contributed by atoms with Gasteiger partial charge in [0.25, 0.3) is 0 Å². The molecule has 1 aromatic carbocycles. The molecule has 3 heteroatoms. The lowest BCUT2D eigenvalue weighted by Crippen LogP contribution is -2.41. The first-order chi connectivity index (χ1) is 8.82. The van der Waals surface area contributed by atoms with Crippen LogP contribution in [-0.4, -0.2) is 18.3 Å². The fourth-order valence-corrected chi connectivity index (χ4v) is 2.08. The maximum atomic E-state index is 5.99. The minimum atomic E-state index is -0.284. The van der Waals surface area contributed by atoms with Gasteiger partial charge in [0.15, 0.2) is 0 Å². The van der Waals surface area contributed by atoms with Crippen LogP contribution in [0.4, 0.5) is 0 Å². The van der Waals surface area contributed by atoms with Gasteiger partial charge in [-0.15, -0.1) is 6.58 Å². The lowest BCUT2D eigenvalue weighted by atomic mass is 9.76. The van der Waals surface area contributed by atoms with Gasteiger partial charge in [0.2, 0.25) is 0 Å². The average Bonchev–Trinajstić information content (AvgIpc) is 2.57. The molecule has 0 bridgehead atoms. The second-order valence-electron chi connectivity index (χ2n) is 6.23. The normalized spacial score (nSPS) is 20.5. The Balaban J connectivity index is 1.92. The Bertz CT molecular complexity index is 435. The van der Waals surface area contributed by atoms with Gasteiger partial charge in [-0.1, -0.05) is 30.3 Å². The molecule has 1 aromatic rings. The zero-order chi connectivity index (χ0) is 14.1. The van der Waals surface area contributed by atoms with E-state index in [1.54, 1.807) is 0 Å². The Morgan fingerprint density at radius 1 is 1.05 bits per heavy atom. The highest BCUT2D eigenvalue weighted by Crippen LogP contribution is 2.38. The molecule has 2 nitrogen and oxygen atoms in total. The number of hydrogen-bond donors (Lipinski definition) is 0. The molecule has 102 valence electrons. The summed E-state index contributed by atoms with van der Waals surface area (Å²) in [5, 5.41) is 0. The molecule has 0 aliphatic carbocycles. The van der Waals surface area contributed by atoms with Gasteiger partial charge in [0.1, 0.15) is 0 Å². The van der Waals surface area contributed by atoms with Gasteiger partial charge >= 0.3 is 7.12 Å². The summed E-state index contributed by atoms with van der Waals surface area (Å²) in [6.45, 7) is 12.4. The third-order valence-corrected chi connectivity index (χ3v) is 4.16. The molecule has 19 heavy (non-hydrogen) atoms. The zero-order valence-electron chi connectivity index (χ0n) is 12.4. The number of hydrogen-bond acceptors (Lipinski definition) is 2. The molecule has 0 unspecified atom stereocenters. The second-order valence-corrected chi connectivity index (χ2v) is 6.23. The third-order valence-electron chi connectivity index (χ3n) is 4.16. The predicted molar refractivity (Wildman–Crippen MR) is 80.0 cm³/mol.